The number of aliphatic hydroxyl groups is 1. The Kier molecular flexibility index (Phi) is 6.70. The number of aromatic amines is 1. The van der Waals surface area contributed by atoms with Crippen LogP contribution < -0.4 is 16.0 Å². The number of aliphatic hydroxyl groups excluding tert-OH is 1. The normalized spacial score (nSPS) is 26.1. The molecule has 5 atom stereocenters. The van der Waals surface area contributed by atoms with Crippen LogP contribution in [0, 0.1) is 17.8 Å². The van der Waals surface area contributed by atoms with Gasteiger partial charge in [0, 0.05) is 42.6 Å². The first-order chi connectivity index (χ1) is 17.4. The number of benzene rings is 1. The fraction of sp³-hybridized carbons (Fsp3) is 0.538. The topological polar surface area (TPSA) is 144 Å². The van der Waals surface area contributed by atoms with Crippen molar-refractivity contribution in [3.05, 3.63) is 30.0 Å². The van der Waals surface area contributed by atoms with Crippen LogP contribution in [0.3, 0.4) is 0 Å². The largest absolute Gasteiger partial charge is 0.389 e. The number of likely N-dealkylation sites (tertiary alicyclic amines) is 1. The number of ketones is 1. The van der Waals surface area contributed by atoms with Gasteiger partial charge in [-0.25, -0.2) is 0 Å². The second-order valence-electron chi connectivity index (χ2n) is 10.2. The van der Waals surface area contributed by atoms with E-state index in [2.05, 4.69) is 20.9 Å². The number of hydrogen-bond donors (Lipinski definition) is 5. The summed E-state index contributed by atoms with van der Waals surface area (Å²) < 4.78 is 0. The van der Waals surface area contributed by atoms with E-state index in [9.17, 15) is 24.3 Å². The van der Waals surface area contributed by atoms with Crippen molar-refractivity contribution in [1.29, 1.82) is 0 Å². The predicted octanol–water partition coefficient (Wildman–Crippen LogP) is 1.02. The Morgan fingerprint density at radius 2 is 2.06 bits per heavy atom. The van der Waals surface area contributed by atoms with Crippen LogP contribution >= 0.6 is 0 Å². The number of nitrogens with zero attached hydrogens (tertiary/aromatic N) is 1. The Bertz CT molecular complexity index is 1190. The van der Waals surface area contributed by atoms with E-state index in [0.29, 0.717) is 25.2 Å². The minimum absolute atomic E-state index is 0.0193. The highest BCUT2D eigenvalue weighted by atomic mass is 16.3. The van der Waals surface area contributed by atoms with Crippen LogP contribution in [0.15, 0.2) is 24.3 Å². The number of hydrogen-bond acceptors (Lipinski definition) is 6. The summed E-state index contributed by atoms with van der Waals surface area (Å²) in [5.41, 5.74) is 2.14. The number of fused-ring (bicyclic) bond motifs is 2. The molecule has 0 radical (unpaired) electrons. The molecule has 3 fully saturated rings. The quantitative estimate of drug-likeness (QED) is 0.370. The van der Waals surface area contributed by atoms with Gasteiger partial charge < -0.3 is 30.9 Å². The summed E-state index contributed by atoms with van der Waals surface area (Å²) in [6, 6.07) is 5.87. The lowest BCUT2D eigenvalue weighted by molar-refractivity contribution is -0.133. The van der Waals surface area contributed by atoms with Crippen LogP contribution in [-0.4, -0.2) is 77.3 Å². The highest BCUT2D eigenvalue weighted by Crippen LogP contribution is 2.43. The molecule has 2 aromatic rings. The van der Waals surface area contributed by atoms with Gasteiger partial charge >= 0.3 is 0 Å². The van der Waals surface area contributed by atoms with Crippen molar-refractivity contribution in [2.75, 3.05) is 32.1 Å². The molecule has 0 spiro atoms. The average molecular weight is 496 g/mol. The van der Waals surface area contributed by atoms with Crippen molar-refractivity contribution in [3.8, 4) is 0 Å². The molecule has 3 aliphatic rings. The molecule has 1 unspecified atom stereocenters. The van der Waals surface area contributed by atoms with Crippen LogP contribution in [-0.2, 0) is 14.4 Å². The molecular formula is C26H33N5O5. The van der Waals surface area contributed by atoms with Gasteiger partial charge in [0.15, 0.2) is 5.78 Å². The first-order valence-electron chi connectivity index (χ1n) is 12.7. The number of carbonyl (C=O) groups is 4. The molecule has 1 aliphatic carbocycles. The third kappa shape index (κ3) is 4.34. The highest BCUT2D eigenvalue weighted by Gasteiger charge is 2.50. The molecule has 5 rings (SSSR count). The SMILES string of the molecule is CNc1cccc2[nH]c(C(=O)N3C[C@@H]4CCC[C@@H]4[C@H]3C(=O)NC(C[C@@H]3CCNC3=O)C(=O)CO)cc12. The molecule has 1 aromatic heterocycles. The summed E-state index contributed by atoms with van der Waals surface area (Å²) in [5, 5.41) is 19.1. The molecule has 36 heavy (non-hydrogen) atoms. The maximum absolute atomic E-state index is 13.7. The molecule has 0 bridgehead atoms. The van der Waals surface area contributed by atoms with Crippen molar-refractivity contribution >= 4 is 40.1 Å². The minimum Gasteiger partial charge on any atom is -0.389 e. The molecule has 2 aliphatic heterocycles. The molecule has 1 aromatic carbocycles. The van der Waals surface area contributed by atoms with Gasteiger partial charge in [-0.05, 0) is 55.7 Å². The van der Waals surface area contributed by atoms with Crippen molar-refractivity contribution < 1.29 is 24.3 Å². The standard InChI is InChI=1S/C26H33N5O5/c1-27-18-6-3-7-19-17(18)11-21(29-19)26(36)31-12-15-4-2-5-16(15)23(31)25(35)30-20(22(33)13-32)10-14-8-9-28-24(14)34/h3,6-7,11,14-16,20,23,27,29,32H,2,4-5,8-10,12-13H2,1H3,(H,28,34)(H,30,35)/t14-,15-,16-,20?,23-/m0/s1. The molecule has 2 saturated heterocycles. The van der Waals surface area contributed by atoms with Crippen molar-refractivity contribution in [2.24, 2.45) is 17.8 Å². The van der Waals surface area contributed by atoms with E-state index in [1.807, 2.05) is 31.3 Å². The number of amides is 3. The number of anilines is 1. The minimum atomic E-state index is -0.972. The fourth-order valence-corrected chi connectivity index (χ4v) is 6.29. The van der Waals surface area contributed by atoms with Gasteiger partial charge in [0.1, 0.15) is 18.3 Å². The molecule has 3 amide bonds. The smallest absolute Gasteiger partial charge is 0.271 e. The van der Waals surface area contributed by atoms with Crippen molar-refractivity contribution in [3.63, 3.8) is 0 Å². The fourth-order valence-electron chi connectivity index (χ4n) is 6.29. The first kappa shape index (κ1) is 24.3. The molecule has 10 nitrogen and oxygen atoms in total. The first-order valence-corrected chi connectivity index (χ1v) is 12.7. The summed E-state index contributed by atoms with van der Waals surface area (Å²) in [7, 11) is 1.82. The van der Waals surface area contributed by atoms with E-state index in [1.54, 1.807) is 4.90 Å². The maximum atomic E-state index is 13.7. The van der Waals surface area contributed by atoms with E-state index >= 15 is 0 Å². The van der Waals surface area contributed by atoms with Gasteiger partial charge in [-0.1, -0.05) is 12.5 Å². The summed E-state index contributed by atoms with van der Waals surface area (Å²) >= 11 is 0. The average Bonchev–Trinajstić information content (AvgIpc) is 3.66. The number of nitrogens with one attached hydrogen (secondary N) is 4. The van der Waals surface area contributed by atoms with E-state index in [0.717, 1.165) is 35.9 Å². The molecule has 3 heterocycles. The number of Topliss-reactive ketones (excluding diaryl/α,β-unsaturated/α-hetero) is 1. The lowest BCUT2D eigenvalue weighted by Gasteiger charge is -2.29. The Labute approximate surface area is 209 Å². The van der Waals surface area contributed by atoms with Crippen molar-refractivity contribution in [2.45, 2.75) is 44.2 Å². The van der Waals surface area contributed by atoms with Crippen LogP contribution in [0.2, 0.25) is 0 Å². The molecule has 1 saturated carbocycles. The lowest BCUT2D eigenvalue weighted by Crippen LogP contribution is -2.53. The van der Waals surface area contributed by atoms with E-state index < -0.39 is 30.4 Å². The van der Waals surface area contributed by atoms with E-state index in [-0.39, 0.29) is 36.0 Å². The highest BCUT2D eigenvalue weighted by molar-refractivity contribution is 6.03. The second-order valence-corrected chi connectivity index (χ2v) is 10.2. The monoisotopic (exact) mass is 495 g/mol. The molecule has 192 valence electrons. The second kappa shape index (κ2) is 9.93. The number of rotatable bonds is 8. The third-order valence-corrected chi connectivity index (χ3v) is 8.13. The van der Waals surface area contributed by atoms with Gasteiger partial charge in [0.2, 0.25) is 11.8 Å². The maximum Gasteiger partial charge on any atom is 0.271 e. The summed E-state index contributed by atoms with van der Waals surface area (Å²) in [4.78, 5) is 56.7. The Morgan fingerprint density at radius 1 is 1.22 bits per heavy atom. The van der Waals surface area contributed by atoms with Crippen LogP contribution in [0.1, 0.15) is 42.6 Å². The third-order valence-electron chi connectivity index (χ3n) is 8.13. The number of H-pyrrole nitrogens is 1. The Morgan fingerprint density at radius 3 is 2.78 bits per heavy atom. The van der Waals surface area contributed by atoms with Gasteiger partial charge in [-0.15, -0.1) is 0 Å². The molecule has 10 heteroatoms. The Balaban J connectivity index is 1.39. The Hall–Kier alpha value is -3.40. The summed E-state index contributed by atoms with van der Waals surface area (Å²) in [6.45, 7) is 0.299. The van der Waals surface area contributed by atoms with Gasteiger partial charge in [-0.2, -0.15) is 0 Å². The zero-order valence-corrected chi connectivity index (χ0v) is 20.4. The van der Waals surface area contributed by atoms with Gasteiger partial charge in [0.05, 0.1) is 6.04 Å². The molecular weight excluding hydrogens is 462 g/mol. The molecule has 5 N–H and O–H groups in total. The van der Waals surface area contributed by atoms with Crippen LogP contribution in [0.4, 0.5) is 5.69 Å². The lowest BCUT2D eigenvalue weighted by atomic mass is 9.92. The summed E-state index contributed by atoms with van der Waals surface area (Å²) in [6.07, 6.45) is 3.52. The van der Waals surface area contributed by atoms with Crippen molar-refractivity contribution in [1.82, 2.24) is 20.5 Å². The van der Waals surface area contributed by atoms with Gasteiger partial charge in [0.25, 0.3) is 5.91 Å². The van der Waals surface area contributed by atoms with E-state index in [4.69, 9.17) is 0 Å². The summed E-state index contributed by atoms with van der Waals surface area (Å²) in [5.74, 6) is -1.46. The predicted molar refractivity (Wildman–Crippen MR) is 133 cm³/mol. The zero-order valence-electron chi connectivity index (χ0n) is 20.4. The number of aromatic nitrogens is 1. The van der Waals surface area contributed by atoms with Gasteiger partial charge in [-0.3, -0.25) is 19.2 Å². The number of carbonyl (C=O) groups excluding carboxylic acids is 4. The zero-order chi connectivity index (χ0) is 25.4. The van der Waals surface area contributed by atoms with E-state index in [1.165, 1.54) is 0 Å². The van der Waals surface area contributed by atoms with Crippen LogP contribution in [0.25, 0.3) is 10.9 Å². The van der Waals surface area contributed by atoms with Crippen LogP contribution in [0.5, 0.6) is 0 Å².